The molecular weight excluding hydrogens is 797 g/mol. The average Bonchev–Trinajstić information content (AvgIpc) is 3.83. The van der Waals surface area contributed by atoms with E-state index in [1.165, 1.54) is 105 Å². The summed E-state index contributed by atoms with van der Waals surface area (Å²) in [4.78, 5) is 2.37. The fourth-order valence-corrected chi connectivity index (χ4v) is 12.4. The van der Waals surface area contributed by atoms with Gasteiger partial charge >= 0.3 is 0 Å². The van der Waals surface area contributed by atoms with Crippen LogP contribution in [0.25, 0.3) is 72.0 Å². The molecule has 0 saturated carbocycles. The zero-order valence-electron chi connectivity index (χ0n) is 36.8. The van der Waals surface area contributed by atoms with Crippen LogP contribution >= 0.6 is 0 Å². The fourth-order valence-electron chi connectivity index (χ4n) is 12.4. The van der Waals surface area contributed by atoms with Gasteiger partial charge in [-0.3, -0.25) is 0 Å². The third-order valence-corrected chi connectivity index (χ3v) is 15.2. The fraction of sp³-hybridized carbons (Fsp3) is 0.0625. The first-order valence-corrected chi connectivity index (χ1v) is 23.2. The number of rotatable bonds is 5. The first kappa shape index (κ1) is 37.2. The maximum Gasteiger partial charge on any atom is 0.0720 e. The number of hydrogen-bond acceptors (Lipinski definition) is 1. The molecule has 0 amide bonds. The first-order valence-electron chi connectivity index (χ1n) is 23.2. The van der Waals surface area contributed by atoms with E-state index in [9.17, 15) is 0 Å². The molecule has 310 valence electrons. The molecule has 66 heavy (non-hydrogen) atoms. The molecule has 1 aromatic heterocycles. The summed E-state index contributed by atoms with van der Waals surface area (Å²) in [5, 5.41) is 2.57. The van der Waals surface area contributed by atoms with Gasteiger partial charge in [-0.15, -0.1) is 0 Å². The number of benzene rings is 10. The molecule has 0 atom stereocenters. The zero-order valence-corrected chi connectivity index (χ0v) is 36.8. The molecule has 11 aromatic rings. The summed E-state index contributed by atoms with van der Waals surface area (Å²) in [5.41, 5.74) is 24.7. The Morgan fingerprint density at radius 3 is 1.65 bits per heavy atom. The lowest BCUT2D eigenvalue weighted by Crippen LogP contribution is -2.40. The number of nitrogens with zero attached hydrogens (tertiary/aromatic N) is 2. The molecular formula is C64H44N2. The van der Waals surface area contributed by atoms with Gasteiger partial charge in [-0.25, -0.2) is 0 Å². The van der Waals surface area contributed by atoms with E-state index in [1.54, 1.807) is 0 Å². The number of aromatic nitrogens is 1. The van der Waals surface area contributed by atoms with Gasteiger partial charge in [0, 0.05) is 44.4 Å². The van der Waals surface area contributed by atoms with Gasteiger partial charge in [0.15, 0.2) is 0 Å². The number of hydrogen-bond donors (Lipinski definition) is 0. The molecule has 0 unspecified atom stereocenters. The molecule has 0 radical (unpaired) electrons. The lowest BCUT2D eigenvalue weighted by atomic mass is 9.55. The third-order valence-electron chi connectivity index (χ3n) is 15.2. The molecule has 2 nitrogen and oxygen atoms in total. The van der Waals surface area contributed by atoms with Crippen LogP contribution in [0.15, 0.2) is 231 Å². The monoisotopic (exact) mass is 840 g/mol. The Hall–Kier alpha value is -8.20. The van der Waals surface area contributed by atoms with Crippen LogP contribution < -0.4 is 4.90 Å². The van der Waals surface area contributed by atoms with Crippen molar-refractivity contribution in [2.75, 3.05) is 4.90 Å². The number of fused-ring (bicyclic) bond motifs is 12. The zero-order chi connectivity index (χ0) is 43.7. The van der Waals surface area contributed by atoms with E-state index < -0.39 is 5.41 Å². The Labute approximate surface area is 385 Å². The van der Waals surface area contributed by atoms with Crippen molar-refractivity contribution in [2.45, 2.75) is 24.7 Å². The lowest BCUT2D eigenvalue weighted by Gasteiger charge is -2.46. The first-order chi connectivity index (χ1) is 32.5. The van der Waals surface area contributed by atoms with Gasteiger partial charge in [-0.2, -0.15) is 0 Å². The second-order valence-electron chi connectivity index (χ2n) is 18.8. The van der Waals surface area contributed by atoms with Gasteiger partial charge in [0.2, 0.25) is 0 Å². The van der Waals surface area contributed by atoms with Crippen LogP contribution in [0.2, 0.25) is 0 Å². The summed E-state index contributed by atoms with van der Waals surface area (Å²) in [6, 6.07) is 86.1. The van der Waals surface area contributed by atoms with E-state index in [0.717, 1.165) is 17.1 Å². The van der Waals surface area contributed by atoms with Crippen LogP contribution in [0.4, 0.5) is 17.1 Å². The van der Waals surface area contributed by atoms with Crippen molar-refractivity contribution in [1.82, 2.24) is 4.57 Å². The van der Waals surface area contributed by atoms with E-state index in [4.69, 9.17) is 0 Å². The van der Waals surface area contributed by atoms with Crippen LogP contribution in [-0.4, -0.2) is 4.57 Å². The minimum atomic E-state index is -0.484. The Bertz CT molecular complexity index is 3730. The summed E-state index contributed by atoms with van der Waals surface area (Å²) in [5.74, 6) is 0. The maximum absolute atomic E-state index is 2.59. The predicted octanol–water partition coefficient (Wildman–Crippen LogP) is 16.6. The number of anilines is 3. The van der Waals surface area contributed by atoms with Crippen molar-refractivity contribution in [3.05, 3.63) is 264 Å². The van der Waals surface area contributed by atoms with Gasteiger partial charge < -0.3 is 9.47 Å². The van der Waals surface area contributed by atoms with Gasteiger partial charge in [0.1, 0.15) is 0 Å². The smallest absolute Gasteiger partial charge is 0.0720 e. The summed E-state index contributed by atoms with van der Waals surface area (Å²) in [6.07, 6.45) is 0. The highest BCUT2D eigenvalue weighted by Crippen LogP contribution is 2.66. The van der Waals surface area contributed by atoms with Crippen molar-refractivity contribution in [1.29, 1.82) is 0 Å². The average molecular weight is 841 g/mol. The van der Waals surface area contributed by atoms with Crippen LogP contribution in [0.1, 0.15) is 47.2 Å². The molecule has 2 heteroatoms. The highest BCUT2D eigenvalue weighted by molar-refractivity contribution is 6.19. The molecule has 3 aliphatic rings. The standard InChI is InChI=1S/C64H44N2/c1-63(2)52-25-10-12-27-54(52)64(55-28-13-11-26-53(55)63)56-29-16-24-49-51-40-44(33-38-59(51)66-58-30-14-9-23-48(58)50-36-37-57(64)61(60(49)56)62(50)66)43-19-15-22-47(39-43)65(45-20-7-4-8-21-45)46-34-31-42(32-35-46)41-17-5-3-6-18-41/h3-40H,1-2H3. The Kier molecular flexibility index (Phi) is 7.70. The molecule has 14 rings (SSSR count). The SMILES string of the molecule is CC1(C)c2ccccc2C2(c3ccccc31)c1cccc3c1-c1c2ccc2c4ccccc4n(c12)-c1ccc(-c2cccc(N(c4ccccc4)c4ccc(-c5ccccc5)cc4)c2)cc1-3. The van der Waals surface area contributed by atoms with Gasteiger partial charge in [0.05, 0.1) is 22.1 Å². The van der Waals surface area contributed by atoms with Crippen molar-refractivity contribution in [3.63, 3.8) is 0 Å². The predicted molar refractivity (Wildman–Crippen MR) is 275 cm³/mol. The Morgan fingerprint density at radius 2 is 0.894 bits per heavy atom. The van der Waals surface area contributed by atoms with E-state index in [-0.39, 0.29) is 5.41 Å². The normalized spacial score (nSPS) is 14.2. The van der Waals surface area contributed by atoms with Crippen molar-refractivity contribution in [2.24, 2.45) is 0 Å². The van der Waals surface area contributed by atoms with Crippen LogP contribution in [-0.2, 0) is 10.8 Å². The molecule has 2 heterocycles. The quantitative estimate of drug-likeness (QED) is 0.168. The van der Waals surface area contributed by atoms with Gasteiger partial charge in [-0.1, -0.05) is 190 Å². The second-order valence-corrected chi connectivity index (χ2v) is 18.8. The molecule has 0 bridgehead atoms. The van der Waals surface area contributed by atoms with Crippen LogP contribution in [0.3, 0.4) is 0 Å². The number of para-hydroxylation sites is 2. The van der Waals surface area contributed by atoms with Crippen molar-refractivity contribution < 1.29 is 0 Å². The largest absolute Gasteiger partial charge is 0.310 e. The van der Waals surface area contributed by atoms with Crippen molar-refractivity contribution in [3.8, 4) is 50.2 Å². The summed E-state index contributed by atoms with van der Waals surface area (Å²) in [6.45, 7) is 4.81. The van der Waals surface area contributed by atoms with Crippen LogP contribution in [0.5, 0.6) is 0 Å². The minimum Gasteiger partial charge on any atom is -0.310 e. The summed E-state index contributed by atoms with van der Waals surface area (Å²) < 4.78 is 2.59. The van der Waals surface area contributed by atoms with E-state index in [1.807, 2.05) is 0 Å². The molecule has 10 aromatic carbocycles. The van der Waals surface area contributed by atoms with E-state index in [2.05, 4.69) is 254 Å². The summed E-state index contributed by atoms with van der Waals surface area (Å²) >= 11 is 0. The Morgan fingerprint density at radius 1 is 0.348 bits per heavy atom. The van der Waals surface area contributed by atoms with Crippen LogP contribution in [0, 0.1) is 0 Å². The third kappa shape index (κ3) is 4.91. The summed E-state index contributed by atoms with van der Waals surface area (Å²) in [7, 11) is 0. The topological polar surface area (TPSA) is 8.17 Å². The van der Waals surface area contributed by atoms with Gasteiger partial charge in [0.25, 0.3) is 0 Å². The second kappa shape index (κ2) is 13.7. The maximum atomic E-state index is 2.59. The molecule has 0 fully saturated rings. The lowest BCUT2D eigenvalue weighted by molar-refractivity contribution is 0.563. The Balaban J connectivity index is 1.00. The van der Waals surface area contributed by atoms with Crippen molar-refractivity contribution >= 4 is 38.9 Å². The highest BCUT2D eigenvalue weighted by atomic mass is 15.1. The van der Waals surface area contributed by atoms with E-state index in [0.29, 0.717) is 0 Å². The molecule has 0 N–H and O–H groups in total. The molecule has 2 aliphatic carbocycles. The van der Waals surface area contributed by atoms with Gasteiger partial charge in [-0.05, 0) is 121 Å². The molecule has 1 spiro atoms. The van der Waals surface area contributed by atoms with E-state index >= 15 is 0 Å². The molecule has 0 saturated heterocycles. The highest BCUT2D eigenvalue weighted by Gasteiger charge is 2.54. The minimum absolute atomic E-state index is 0.160. The molecule has 1 aliphatic heterocycles.